The highest BCUT2D eigenvalue weighted by molar-refractivity contribution is 6.40. The summed E-state index contributed by atoms with van der Waals surface area (Å²) >= 11 is 12.3. The highest BCUT2D eigenvalue weighted by Crippen LogP contribution is 2.37. The third-order valence-electron chi connectivity index (χ3n) is 6.61. The molecule has 2 N–H and O–H groups in total. The number of ether oxygens (including phenoxy) is 1. The molecule has 2 amide bonds. The van der Waals surface area contributed by atoms with Crippen LogP contribution in [-0.4, -0.2) is 35.5 Å². The van der Waals surface area contributed by atoms with E-state index in [-0.39, 0.29) is 40.0 Å². The molecular weight excluding hydrogens is 587 g/mol. The zero-order valence-corrected chi connectivity index (χ0v) is 27.2. The maximum absolute atomic E-state index is 13.6. The Morgan fingerprint density at radius 3 is 2.05 bits per heavy atom. The van der Waals surface area contributed by atoms with Crippen LogP contribution in [0.25, 0.3) is 0 Å². The molecule has 230 valence electrons. The average molecular weight is 628 g/mol. The smallest absolute Gasteiger partial charge is 0.311 e. The van der Waals surface area contributed by atoms with E-state index in [1.807, 2.05) is 48.5 Å². The second-order valence-corrected chi connectivity index (χ2v) is 13.1. The van der Waals surface area contributed by atoms with Crippen LogP contribution in [0.5, 0.6) is 5.75 Å². The first-order valence-electron chi connectivity index (χ1n) is 14.3. The van der Waals surface area contributed by atoms with E-state index >= 15 is 0 Å². The van der Waals surface area contributed by atoms with Gasteiger partial charge in [-0.15, -0.1) is 0 Å². The molecule has 0 aromatic heterocycles. The van der Waals surface area contributed by atoms with Gasteiger partial charge in [-0.05, 0) is 73.7 Å². The van der Waals surface area contributed by atoms with Crippen LogP contribution >= 0.6 is 23.2 Å². The molecule has 0 saturated heterocycles. The van der Waals surface area contributed by atoms with Crippen molar-refractivity contribution in [2.75, 3.05) is 16.8 Å². The fourth-order valence-electron chi connectivity index (χ4n) is 4.59. The maximum Gasteiger partial charge on any atom is 0.311 e. The summed E-state index contributed by atoms with van der Waals surface area (Å²) in [6.07, 6.45) is 0.0552. The zero-order valence-electron chi connectivity index (χ0n) is 25.7. The molecule has 0 radical (unpaired) electrons. The minimum Gasteiger partial charge on any atom is -0.489 e. The monoisotopic (exact) mass is 626 g/mol. The third-order valence-corrected chi connectivity index (χ3v) is 7.24. The average Bonchev–Trinajstić information content (AvgIpc) is 2.90. The number of nitrogens with zero attached hydrogens (tertiary/aromatic N) is 1. The lowest BCUT2D eigenvalue weighted by Crippen LogP contribution is -2.42. The second-order valence-electron chi connectivity index (χ2n) is 12.3. The number of hydrogen-bond acceptors (Lipinski definition) is 4. The molecule has 0 fully saturated rings. The van der Waals surface area contributed by atoms with Crippen LogP contribution in [0.1, 0.15) is 75.9 Å². The van der Waals surface area contributed by atoms with Crippen molar-refractivity contribution in [1.82, 2.24) is 0 Å². The molecule has 0 aliphatic heterocycles. The molecule has 0 saturated carbocycles. The predicted octanol–water partition coefficient (Wildman–Crippen LogP) is 8.48. The summed E-state index contributed by atoms with van der Waals surface area (Å²) in [6.45, 7) is 13.9. The first-order valence-corrected chi connectivity index (χ1v) is 15.0. The largest absolute Gasteiger partial charge is 0.489 e. The van der Waals surface area contributed by atoms with Crippen molar-refractivity contribution in [2.24, 2.45) is 11.3 Å². The highest BCUT2D eigenvalue weighted by Gasteiger charge is 2.32. The van der Waals surface area contributed by atoms with E-state index in [1.165, 1.54) is 0 Å². The molecule has 0 spiro atoms. The van der Waals surface area contributed by atoms with Gasteiger partial charge >= 0.3 is 5.97 Å². The Bertz CT molecular complexity index is 1440. The molecular formula is C34H40Cl2N2O5. The number of hydrogen-bond donors (Lipinski definition) is 2. The molecule has 0 aliphatic carbocycles. The van der Waals surface area contributed by atoms with Crippen LogP contribution in [-0.2, 0) is 16.0 Å². The van der Waals surface area contributed by atoms with E-state index in [9.17, 15) is 19.5 Å². The van der Waals surface area contributed by atoms with Gasteiger partial charge in [-0.3, -0.25) is 14.4 Å². The van der Waals surface area contributed by atoms with Crippen molar-refractivity contribution in [3.8, 4) is 5.75 Å². The number of anilines is 2. The zero-order chi connectivity index (χ0) is 32.1. The topological polar surface area (TPSA) is 95.9 Å². The molecule has 0 aliphatic rings. The third kappa shape index (κ3) is 8.97. The molecule has 3 rings (SSSR count). The summed E-state index contributed by atoms with van der Waals surface area (Å²) in [7, 11) is 0. The first kappa shape index (κ1) is 33.9. The highest BCUT2D eigenvalue weighted by atomic mass is 35.5. The molecule has 0 heterocycles. The van der Waals surface area contributed by atoms with E-state index in [0.717, 1.165) is 5.56 Å². The van der Waals surface area contributed by atoms with E-state index in [4.69, 9.17) is 27.9 Å². The summed E-state index contributed by atoms with van der Waals surface area (Å²) in [4.78, 5) is 40.6. The molecule has 3 aromatic carbocycles. The summed E-state index contributed by atoms with van der Waals surface area (Å²) in [5, 5.41) is 13.5. The van der Waals surface area contributed by atoms with Gasteiger partial charge in [0.1, 0.15) is 5.75 Å². The van der Waals surface area contributed by atoms with Gasteiger partial charge in [0.15, 0.2) is 0 Å². The SMILES string of the molecule is CC(C)CN(C(=O)C(C)(C)C)c1cc(C(Cc2ccc(NC(=O)c3c(Cl)cccc3Cl)cc2)C(=O)O)ccc1OC(C)C. The van der Waals surface area contributed by atoms with Crippen LogP contribution in [0, 0.1) is 11.3 Å². The number of carboxylic acids is 1. The van der Waals surface area contributed by atoms with Gasteiger partial charge in [-0.2, -0.15) is 0 Å². The molecule has 9 heteroatoms. The van der Waals surface area contributed by atoms with Gasteiger partial charge in [-0.1, -0.05) is 82.1 Å². The fourth-order valence-corrected chi connectivity index (χ4v) is 5.16. The number of carboxylic acid groups (broad SMARTS) is 1. The Balaban J connectivity index is 1.93. The summed E-state index contributed by atoms with van der Waals surface area (Å²) in [5.41, 5.74) is 1.91. The quantitative estimate of drug-likeness (QED) is 0.222. The lowest BCUT2D eigenvalue weighted by Gasteiger charge is -2.33. The molecule has 3 aromatic rings. The number of halogens is 2. The van der Waals surface area contributed by atoms with Crippen molar-refractivity contribution in [3.63, 3.8) is 0 Å². The van der Waals surface area contributed by atoms with Crippen LogP contribution < -0.4 is 15.0 Å². The first-order chi connectivity index (χ1) is 20.1. The van der Waals surface area contributed by atoms with Gasteiger partial charge in [0.25, 0.3) is 5.91 Å². The standard InChI is InChI=1S/C34H40Cl2N2O5/c1-20(2)19-38(33(42)34(5,6)7)28-18-23(13-16-29(28)43-21(3)4)25(32(40)41)17-22-11-14-24(15-12-22)37-31(39)30-26(35)9-8-10-27(30)36/h8-16,18,20-21,25H,17,19H2,1-7H3,(H,37,39)(H,40,41). The minimum atomic E-state index is -0.994. The number of rotatable bonds is 11. The molecule has 0 bridgehead atoms. The number of amides is 2. The Hall–Kier alpha value is -3.55. The van der Waals surface area contributed by atoms with E-state index in [2.05, 4.69) is 5.32 Å². The van der Waals surface area contributed by atoms with Crippen molar-refractivity contribution in [3.05, 3.63) is 87.4 Å². The minimum absolute atomic E-state index is 0.0745. The maximum atomic E-state index is 13.6. The summed E-state index contributed by atoms with van der Waals surface area (Å²) in [6, 6.07) is 17.0. The Morgan fingerprint density at radius 1 is 0.930 bits per heavy atom. The Labute approximate surface area is 264 Å². The van der Waals surface area contributed by atoms with E-state index in [1.54, 1.807) is 65.6 Å². The van der Waals surface area contributed by atoms with Crippen molar-refractivity contribution < 1.29 is 24.2 Å². The van der Waals surface area contributed by atoms with E-state index < -0.39 is 23.2 Å². The van der Waals surface area contributed by atoms with Crippen molar-refractivity contribution in [1.29, 1.82) is 0 Å². The Morgan fingerprint density at radius 2 is 1.53 bits per heavy atom. The van der Waals surface area contributed by atoms with Gasteiger partial charge in [0, 0.05) is 17.6 Å². The number of aliphatic carboxylic acids is 1. The van der Waals surface area contributed by atoms with Crippen LogP contribution in [0.2, 0.25) is 10.0 Å². The molecule has 1 atom stereocenters. The van der Waals surface area contributed by atoms with Gasteiger partial charge in [0.2, 0.25) is 5.91 Å². The number of benzene rings is 3. The lowest BCUT2D eigenvalue weighted by atomic mass is 9.90. The number of carbonyl (C=O) groups excluding carboxylic acids is 2. The lowest BCUT2D eigenvalue weighted by molar-refractivity contribution is -0.138. The number of nitrogens with one attached hydrogen (secondary N) is 1. The Kier molecular flexibility index (Phi) is 11.3. The molecule has 1 unspecified atom stereocenters. The van der Waals surface area contributed by atoms with Crippen LogP contribution in [0.3, 0.4) is 0 Å². The predicted molar refractivity (Wildman–Crippen MR) is 174 cm³/mol. The van der Waals surface area contributed by atoms with Crippen LogP contribution in [0.4, 0.5) is 11.4 Å². The van der Waals surface area contributed by atoms with Gasteiger partial charge in [-0.25, -0.2) is 0 Å². The van der Waals surface area contributed by atoms with Gasteiger partial charge < -0.3 is 20.1 Å². The van der Waals surface area contributed by atoms with E-state index in [0.29, 0.717) is 29.2 Å². The van der Waals surface area contributed by atoms with Crippen molar-refractivity contribution in [2.45, 2.75) is 66.9 Å². The number of carbonyl (C=O) groups is 3. The summed E-state index contributed by atoms with van der Waals surface area (Å²) in [5.74, 6) is -1.70. The summed E-state index contributed by atoms with van der Waals surface area (Å²) < 4.78 is 6.08. The molecule has 7 nitrogen and oxygen atoms in total. The van der Waals surface area contributed by atoms with Gasteiger partial charge in [0.05, 0.1) is 33.3 Å². The molecule has 43 heavy (non-hydrogen) atoms. The second kappa shape index (κ2) is 14.3. The fraction of sp³-hybridized carbons (Fsp3) is 0.382. The van der Waals surface area contributed by atoms with Crippen molar-refractivity contribution >= 4 is 52.4 Å². The normalized spacial score (nSPS) is 12.3. The van der Waals surface area contributed by atoms with Crippen LogP contribution in [0.15, 0.2) is 60.7 Å².